The molecular formula is C19H20Br2N2O4. The lowest BCUT2D eigenvalue weighted by molar-refractivity contribution is 0.0846. The Bertz CT molecular complexity index is 827. The van der Waals surface area contributed by atoms with Gasteiger partial charge in [0.2, 0.25) is 0 Å². The van der Waals surface area contributed by atoms with Crippen molar-refractivity contribution in [3.8, 4) is 11.5 Å². The molecule has 27 heavy (non-hydrogen) atoms. The third-order valence-corrected chi connectivity index (χ3v) is 4.89. The van der Waals surface area contributed by atoms with Crippen molar-refractivity contribution in [2.45, 2.75) is 19.8 Å². The number of methoxy groups -OCH3 is 1. The van der Waals surface area contributed by atoms with Crippen LogP contribution in [0.15, 0.2) is 45.3 Å². The second kappa shape index (κ2) is 10.3. The van der Waals surface area contributed by atoms with Crippen LogP contribution in [0.25, 0.3) is 0 Å². The maximum absolute atomic E-state index is 12.3. The van der Waals surface area contributed by atoms with E-state index in [1.54, 1.807) is 36.4 Å². The summed E-state index contributed by atoms with van der Waals surface area (Å²) < 4.78 is 12.1. The van der Waals surface area contributed by atoms with Crippen LogP contribution in [0.4, 0.5) is 0 Å². The SMILES string of the molecule is CCCCOc1ccc(C(=O)NNC(=O)c2ccc(OC)c(Br)c2)cc1Br. The summed E-state index contributed by atoms with van der Waals surface area (Å²) in [4.78, 5) is 24.4. The molecule has 2 rings (SSSR count). The van der Waals surface area contributed by atoms with Crippen molar-refractivity contribution >= 4 is 43.7 Å². The summed E-state index contributed by atoms with van der Waals surface area (Å²) in [6.07, 6.45) is 2.00. The smallest absolute Gasteiger partial charge is 0.269 e. The number of carbonyl (C=O) groups excluding carboxylic acids is 2. The summed E-state index contributed by atoms with van der Waals surface area (Å²) in [5.74, 6) is 0.413. The summed E-state index contributed by atoms with van der Waals surface area (Å²) in [6, 6.07) is 9.87. The normalized spacial score (nSPS) is 10.2. The van der Waals surface area contributed by atoms with E-state index in [9.17, 15) is 9.59 Å². The molecule has 6 nitrogen and oxygen atoms in total. The van der Waals surface area contributed by atoms with Gasteiger partial charge in [-0.1, -0.05) is 13.3 Å². The fourth-order valence-electron chi connectivity index (χ4n) is 2.15. The molecule has 2 aromatic carbocycles. The van der Waals surface area contributed by atoms with Crippen molar-refractivity contribution in [2.75, 3.05) is 13.7 Å². The molecule has 0 aliphatic rings. The summed E-state index contributed by atoms with van der Waals surface area (Å²) >= 11 is 6.72. The summed E-state index contributed by atoms with van der Waals surface area (Å²) in [5, 5.41) is 0. The van der Waals surface area contributed by atoms with Gasteiger partial charge in [0.05, 0.1) is 22.7 Å². The van der Waals surface area contributed by atoms with Gasteiger partial charge >= 0.3 is 0 Å². The van der Waals surface area contributed by atoms with E-state index in [0.29, 0.717) is 38.2 Å². The van der Waals surface area contributed by atoms with E-state index in [2.05, 4.69) is 49.6 Å². The molecule has 0 saturated carbocycles. The quantitative estimate of drug-likeness (QED) is 0.435. The van der Waals surface area contributed by atoms with E-state index in [1.807, 2.05) is 0 Å². The zero-order valence-electron chi connectivity index (χ0n) is 15.0. The lowest BCUT2D eigenvalue weighted by Crippen LogP contribution is -2.41. The maximum atomic E-state index is 12.3. The van der Waals surface area contributed by atoms with E-state index in [4.69, 9.17) is 9.47 Å². The zero-order chi connectivity index (χ0) is 19.8. The zero-order valence-corrected chi connectivity index (χ0v) is 18.1. The predicted molar refractivity (Wildman–Crippen MR) is 110 cm³/mol. The molecule has 0 fully saturated rings. The number of hydrogen-bond acceptors (Lipinski definition) is 4. The first kappa shape index (κ1) is 21.2. The number of halogens is 2. The van der Waals surface area contributed by atoms with Gasteiger partial charge in [0.25, 0.3) is 11.8 Å². The van der Waals surface area contributed by atoms with Gasteiger partial charge in [-0.15, -0.1) is 0 Å². The van der Waals surface area contributed by atoms with Crippen LogP contribution < -0.4 is 20.3 Å². The highest BCUT2D eigenvalue weighted by molar-refractivity contribution is 9.10. The number of unbranched alkanes of at least 4 members (excludes halogenated alkanes) is 1. The number of hydrogen-bond donors (Lipinski definition) is 2. The molecular weight excluding hydrogens is 480 g/mol. The molecule has 2 amide bonds. The van der Waals surface area contributed by atoms with E-state index < -0.39 is 11.8 Å². The Labute approximate surface area is 174 Å². The van der Waals surface area contributed by atoms with Gasteiger partial charge in [0, 0.05) is 11.1 Å². The summed E-state index contributed by atoms with van der Waals surface area (Å²) in [5.41, 5.74) is 5.56. The number of nitrogens with one attached hydrogen (secondary N) is 2. The van der Waals surface area contributed by atoms with E-state index >= 15 is 0 Å². The first-order valence-electron chi connectivity index (χ1n) is 8.32. The van der Waals surface area contributed by atoms with Crippen LogP contribution in [0.1, 0.15) is 40.5 Å². The van der Waals surface area contributed by atoms with E-state index in [0.717, 1.165) is 12.8 Å². The van der Waals surface area contributed by atoms with Gasteiger partial charge in [0.1, 0.15) is 11.5 Å². The molecule has 0 aromatic heterocycles. The van der Waals surface area contributed by atoms with Gasteiger partial charge in [-0.3, -0.25) is 20.4 Å². The number of carbonyl (C=O) groups is 2. The van der Waals surface area contributed by atoms with Gasteiger partial charge < -0.3 is 9.47 Å². The third-order valence-electron chi connectivity index (χ3n) is 3.65. The molecule has 0 atom stereocenters. The molecule has 0 aliphatic carbocycles. The maximum Gasteiger partial charge on any atom is 0.269 e. The molecule has 0 aliphatic heterocycles. The summed E-state index contributed by atoms with van der Waals surface area (Å²) in [7, 11) is 1.54. The molecule has 0 saturated heterocycles. The highest BCUT2D eigenvalue weighted by Crippen LogP contribution is 2.27. The van der Waals surface area contributed by atoms with Crippen LogP contribution in [-0.2, 0) is 0 Å². The van der Waals surface area contributed by atoms with Crippen molar-refractivity contribution in [1.29, 1.82) is 0 Å². The van der Waals surface area contributed by atoms with Gasteiger partial charge in [-0.05, 0) is 74.7 Å². The van der Waals surface area contributed by atoms with E-state index in [1.165, 1.54) is 7.11 Å². The Hall–Kier alpha value is -2.06. The van der Waals surface area contributed by atoms with Crippen LogP contribution in [0.2, 0.25) is 0 Å². The minimum atomic E-state index is -0.440. The monoisotopic (exact) mass is 498 g/mol. The highest BCUT2D eigenvalue weighted by atomic mass is 79.9. The molecule has 2 N–H and O–H groups in total. The van der Waals surface area contributed by atoms with Crippen LogP contribution in [0.5, 0.6) is 11.5 Å². The number of rotatable bonds is 7. The van der Waals surface area contributed by atoms with Crippen LogP contribution >= 0.6 is 31.9 Å². The van der Waals surface area contributed by atoms with Crippen LogP contribution in [0, 0.1) is 0 Å². The average molecular weight is 500 g/mol. The first-order chi connectivity index (χ1) is 13.0. The topological polar surface area (TPSA) is 76.7 Å². The van der Waals surface area contributed by atoms with Crippen molar-refractivity contribution in [3.63, 3.8) is 0 Å². The average Bonchev–Trinajstić information content (AvgIpc) is 2.67. The van der Waals surface area contributed by atoms with E-state index in [-0.39, 0.29) is 0 Å². The van der Waals surface area contributed by atoms with Gasteiger partial charge in [0.15, 0.2) is 0 Å². The second-order valence-corrected chi connectivity index (χ2v) is 7.31. The minimum Gasteiger partial charge on any atom is -0.496 e. The summed E-state index contributed by atoms with van der Waals surface area (Å²) in [6.45, 7) is 2.71. The molecule has 0 heterocycles. The fourth-order valence-corrected chi connectivity index (χ4v) is 3.19. The molecule has 0 unspecified atom stereocenters. The van der Waals surface area contributed by atoms with Crippen molar-refractivity contribution in [3.05, 3.63) is 56.5 Å². The largest absolute Gasteiger partial charge is 0.496 e. The lowest BCUT2D eigenvalue weighted by Gasteiger charge is -2.11. The minimum absolute atomic E-state index is 0.379. The second-order valence-electron chi connectivity index (χ2n) is 5.60. The Balaban J connectivity index is 1.95. The standard InChI is InChI=1S/C19H20Br2N2O4/c1-3-4-9-27-17-8-6-13(11-15(17)21)19(25)23-22-18(24)12-5-7-16(26-2)14(20)10-12/h5-8,10-11H,3-4,9H2,1-2H3,(H,22,24)(H,23,25). The molecule has 0 spiro atoms. The van der Waals surface area contributed by atoms with Crippen molar-refractivity contribution in [2.24, 2.45) is 0 Å². The van der Waals surface area contributed by atoms with Crippen molar-refractivity contribution in [1.82, 2.24) is 10.9 Å². The first-order valence-corrected chi connectivity index (χ1v) is 9.91. The van der Waals surface area contributed by atoms with Crippen LogP contribution in [-0.4, -0.2) is 25.5 Å². The number of benzene rings is 2. The fraction of sp³-hybridized carbons (Fsp3) is 0.263. The Kier molecular flexibility index (Phi) is 8.12. The third kappa shape index (κ3) is 5.97. The molecule has 2 aromatic rings. The van der Waals surface area contributed by atoms with Crippen molar-refractivity contribution < 1.29 is 19.1 Å². The number of amides is 2. The number of ether oxygens (including phenoxy) is 2. The predicted octanol–water partition coefficient (Wildman–Crippen LogP) is 4.47. The molecule has 0 radical (unpaired) electrons. The molecule has 0 bridgehead atoms. The van der Waals surface area contributed by atoms with Crippen LogP contribution in [0.3, 0.4) is 0 Å². The molecule has 8 heteroatoms. The highest BCUT2D eigenvalue weighted by Gasteiger charge is 2.12. The Morgan fingerprint density at radius 1 is 0.926 bits per heavy atom. The number of hydrazine groups is 1. The molecule has 144 valence electrons. The van der Waals surface area contributed by atoms with Gasteiger partial charge in [-0.2, -0.15) is 0 Å². The van der Waals surface area contributed by atoms with Gasteiger partial charge in [-0.25, -0.2) is 0 Å². The Morgan fingerprint density at radius 3 is 1.89 bits per heavy atom. The Morgan fingerprint density at radius 2 is 1.44 bits per heavy atom. The lowest BCUT2D eigenvalue weighted by atomic mass is 10.2.